The van der Waals surface area contributed by atoms with Gasteiger partial charge in [0.05, 0.1) is 5.71 Å². The van der Waals surface area contributed by atoms with Crippen LogP contribution in [0.3, 0.4) is 0 Å². The van der Waals surface area contributed by atoms with Crippen molar-refractivity contribution in [1.82, 2.24) is 4.98 Å². The molecule has 0 aliphatic carbocycles. The maximum Gasteiger partial charge on any atom is 0.267 e. The van der Waals surface area contributed by atoms with E-state index < -0.39 is 11.2 Å². The number of rotatable bonds is 3. The van der Waals surface area contributed by atoms with E-state index in [0.29, 0.717) is 18.0 Å². The highest BCUT2D eigenvalue weighted by molar-refractivity contribution is 7.83. The Labute approximate surface area is 89.9 Å². The van der Waals surface area contributed by atoms with E-state index in [2.05, 4.69) is 13.8 Å². The fourth-order valence-corrected chi connectivity index (χ4v) is 1.97. The summed E-state index contributed by atoms with van der Waals surface area (Å²) in [5.41, 5.74) is 7.33. The van der Waals surface area contributed by atoms with Crippen LogP contribution in [0, 0.1) is 0 Å². The second-order valence-electron chi connectivity index (χ2n) is 3.10. The van der Waals surface area contributed by atoms with E-state index in [-0.39, 0.29) is 0 Å². The molecule has 0 bridgehead atoms. The van der Waals surface area contributed by atoms with E-state index in [4.69, 9.17) is 5.73 Å². The summed E-state index contributed by atoms with van der Waals surface area (Å²) in [6.07, 6.45) is 4.93. The predicted octanol–water partition coefficient (Wildman–Crippen LogP) is 0.405. The van der Waals surface area contributed by atoms with Crippen molar-refractivity contribution in [2.45, 2.75) is 12.8 Å². The van der Waals surface area contributed by atoms with Crippen molar-refractivity contribution in [3.63, 3.8) is 0 Å². The summed E-state index contributed by atoms with van der Waals surface area (Å²) >= 11 is -1.50. The van der Waals surface area contributed by atoms with Gasteiger partial charge in [-0.1, -0.05) is 0 Å². The van der Waals surface area contributed by atoms with Gasteiger partial charge in [-0.05, 0) is 30.5 Å². The van der Waals surface area contributed by atoms with Gasteiger partial charge in [0.1, 0.15) is 0 Å². The summed E-state index contributed by atoms with van der Waals surface area (Å²) in [5, 5.41) is 0. The highest BCUT2D eigenvalue weighted by Crippen LogP contribution is 2.07. The van der Waals surface area contributed by atoms with Crippen LogP contribution in [0.1, 0.15) is 12.0 Å². The van der Waals surface area contributed by atoms with Crippen molar-refractivity contribution >= 4 is 22.7 Å². The Morgan fingerprint density at radius 2 is 1.93 bits per heavy atom. The van der Waals surface area contributed by atoms with Gasteiger partial charge in [0.2, 0.25) is 0 Å². The Balaban J connectivity index is 1.98. The molecule has 0 fully saturated rings. The molecule has 0 amide bonds. The molecular formula is C9H10N4OS. The number of nitrogens with zero attached hydrogens (tertiary/aromatic N) is 3. The molecule has 2 N–H and O–H groups in total. The third kappa shape index (κ3) is 2.47. The molecular weight excluding hydrogens is 212 g/mol. The monoisotopic (exact) mass is 222 g/mol. The van der Waals surface area contributed by atoms with Crippen molar-refractivity contribution in [2.24, 2.45) is 14.5 Å². The first-order chi connectivity index (χ1) is 7.25. The fourth-order valence-electron chi connectivity index (χ4n) is 1.28. The number of amidine groups is 1. The Bertz CT molecular complexity index is 441. The molecule has 2 heterocycles. The van der Waals surface area contributed by atoms with Crippen molar-refractivity contribution in [1.29, 1.82) is 0 Å². The average Bonchev–Trinajstić information content (AvgIpc) is 2.56. The molecule has 5 nitrogen and oxygen atoms in total. The molecule has 6 heteroatoms. The first-order valence-corrected chi connectivity index (χ1v) is 5.55. The molecule has 15 heavy (non-hydrogen) atoms. The van der Waals surface area contributed by atoms with Crippen LogP contribution in [-0.4, -0.2) is 20.7 Å². The van der Waals surface area contributed by atoms with E-state index in [0.717, 1.165) is 12.0 Å². The molecule has 1 aromatic rings. The lowest BCUT2D eigenvalue weighted by molar-refractivity contribution is 0.686. The van der Waals surface area contributed by atoms with E-state index in [1.165, 1.54) is 0 Å². The van der Waals surface area contributed by atoms with Crippen LogP contribution in [0.15, 0.2) is 33.3 Å². The lowest BCUT2D eigenvalue weighted by atomic mass is 10.1. The Morgan fingerprint density at radius 1 is 1.20 bits per heavy atom. The van der Waals surface area contributed by atoms with Gasteiger partial charge >= 0.3 is 0 Å². The van der Waals surface area contributed by atoms with Crippen LogP contribution < -0.4 is 5.73 Å². The number of hydrogen-bond donors (Lipinski definition) is 1. The zero-order chi connectivity index (χ0) is 10.7. The second-order valence-corrected chi connectivity index (χ2v) is 3.93. The molecule has 1 atom stereocenters. The van der Waals surface area contributed by atoms with Gasteiger partial charge < -0.3 is 5.73 Å². The molecule has 0 radical (unpaired) electrons. The molecule has 78 valence electrons. The van der Waals surface area contributed by atoms with Crippen LogP contribution in [0.25, 0.3) is 0 Å². The van der Waals surface area contributed by atoms with Gasteiger partial charge in [-0.15, -0.1) is 4.40 Å². The number of pyridine rings is 1. The van der Waals surface area contributed by atoms with Gasteiger partial charge in [0, 0.05) is 12.4 Å². The smallest absolute Gasteiger partial charge is 0.267 e. The number of aryl methyl sites for hydroxylation is 1. The van der Waals surface area contributed by atoms with Crippen LogP contribution in [-0.2, 0) is 17.6 Å². The van der Waals surface area contributed by atoms with Gasteiger partial charge in [-0.3, -0.25) is 4.98 Å². The van der Waals surface area contributed by atoms with Gasteiger partial charge in [-0.2, -0.15) is 4.40 Å². The molecule has 0 saturated carbocycles. The molecule has 1 unspecified atom stereocenters. The van der Waals surface area contributed by atoms with Crippen LogP contribution in [0.4, 0.5) is 0 Å². The minimum Gasteiger partial charge on any atom is -0.382 e. The molecule has 1 aromatic heterocycles. The van der Waals surface area contributed by atoms with E-state index in [9.17, 15) is 4.21 Å². The highest BCUT2D eigenvalue weighted by Gasteiger charge is 2.14. The van der Waals surface area contributed by atoms with Crippen molar-refractivity contribution < 1.29 is 4.21 Å². The Hall–Kier alpha value is -1.56. The molecule has 2 rings (SSSR count). The summed E-state index contributed by atoms with van der Waals surface area (Å²) in [6.45, 7) is 0. The Morgan fingerprint density at radius 3 is 2.53 bits per heavy atom. The molecule has 0 aromatic carbocycles. The van der Waals surface area contributed by atoms with E-state index in [1.807, 2.05) is 12.1 Å². The highest BCUT2D eigenvalue weighted by atomic mass is 32.2. The van der Waals surface area contributed by atoms with Gasteiger partial charge in [-0.25, -0.2) is 4.21 Å². The standard InChI is InChI=1S/C9H10N4OS/c10-9-8(12-15(14)13-9)2-1-7-3-5-11-6-4-7/h3-6H,1-2H2,(H2,10,13). The third-order valence-electron chi connectivity index (χ3n) is 2.06. The average molecular weight is 222 g/mol. The van der Waals surface area contributed by atoms with E-state index in [1.54, 1.807) is 12.4 Å². The summed E-state index contributed by atoms with van der Waals surface area (Å²) in [6, 6.07) is 3.86. The fraction of sp³-hybridized carbons (Fsp3) is 0.222. The van der Waals surface area contributed by atoms with E-state index >= 15 is 0 Å². The summed E-state index contributed by atoms with van der Waals surface area (Å²) in [7, 11) is 0. The zero-order valence-electron chi connectivity index (χ0n) is 7.96. The van der Waals surface area contributed by atoms with Gasteiger partial charge in [0.25, 0.3) is 11.2 Å². The molecule has 0 saturated heterocycles. The molecule has 0 spiro atoms. The lowest BCUT2D eigenvalue weighted by Crippen LogP contribution is -2.21. The first kappa shape index (κ1) is 9.97. The van der Waals surface area contributed by atoms with Crippen molar-refractivity contribution in [3.05, 3.63) is 30.1 Å². The predicted molar refractivity (Wildman–Crippen MR) is 59.8 cm³/mol. The van der Waals surface area contributed by atoms with Crippen LogP contribution >= 0.6 is 0 Å². The zero-order valence-corrected chi connectivity index (χ0v) is 8.78. The SMILES string of the molecule is NC1=NS(=O)N=C1CCc1ccncc1. The quantitative estimate of drug-likeness (QED) is 0.804. The van der Waals surface area contributed by atoms with Crippen molar-refractivity contribution in [3.8, 4) is 0 Å². The summed E-state index contributed by atoms with van der Waals surface area (Å²) < 4.78 is 18.4. The third-order valence-corrected chi connectivity index (χ3v) is 2.79. The Kier molecular flexibility index (Phi) is 2.86. The van der Waals surface area contributed by atoms with Crippen molar-refractivity contribution in [2.75, 3.05) is 0 Å². The number of hydrogen-bond acceptors (Lipinski definition) is 3. The molecule has 1 aliphatic rings. The van der Waals surface area contributed by atoms with Crippen LogP contribution in [0.5, 0.6) is 0 Å². The lowest BCUT2D eigenvalue weighted by Gasteiger charge is -1.99. The minimum absolute atomic E-state index is 0.294. The largest absolute Gasteiger partial charge is 0.382 e. The number of nitrogens with two attached hydrogens (primary N) is 1. The summed E-state index contributed by atoms with van der Waals surface area (Å²) in [5.74, 6) is 0.294. The maximum absolute atomic E-state index is 10.9. The topological polar surface area (TPSA) is 80.7 Å². The summed E-state index contributed by atoms with van der Waals surface area (Å²) in [4.78, 5) is 3.92. The number of aromatic nitrogens is 1. The minimum atomic E-state index is -1.50. The van der Waals surface area contributed by atoms with Gasteiger partial charge in [0.15, 0.2) is 5.84 Å². The second kappa shape index (κ2) is 4.31. The first-order valence-electron chi connectivity index (χ1n) is 4.49. The van der Waals surface area contributed by atoms with Crippen LogP contribution in [0.2, 0.25) is 0 Å². The molecule has 1 aliphatic heterocycles. The maximum atomic E-state index is 10.9. The normalized spacial score (nSPS) is 19.9.